The molecule has 1 atom stereocenters. The van der Waals surface area contributed by atoms with Crippen molar-refractivity contribution in [3.05, 3.63) is 66.6 Å². The fraction of sp³-hybridized carbons (Fsp3) is 0.389. The highest BCUT2D eigenvalue weighted by Crippen LogP contribution is 2.18. The summed E-state index contributed by atoms with van der Waals surface area (Å²) in [6.45, 7) is 0. The summed E-state index contributed by atoms with van der Waals surface area (Å²) in [5, 5.41) is 3.37. The Morgan fingerprint density at radius 3 is 2.57 bits per heavy atom. The van der Waals surface area contributed by atoms with Crippen LogP contribution in [0.3, 0.4) is 0 Å². The first-order valence-corrected chi connectivity index (χ1v) is 7.68. The summed E-state index contributed by atoms with van der Waals surface area (Å²) < 4.78 is 0. The van der Waals surface area contributed by atoms with Gasteiger partial charge in [0.1, 0.15) is 0 Å². The number of nitrogens with one attached hydrogen (secondary N) is 1. The van der Waals surface area contributed by atoms with Crippen molar-refractivity contribution >= 4 is 0 Å². The highest BCUT2D eigenvalue weighted by atomic mass is 14.9. The molecule has 21 heavy (non-hydrogen) atoms. The lowest BCUT2D eigenvalue weighted by Crippen LogP contribution is -2.16. The van der Waals surface area contributed by atoms with Gasteiger partial charge in [-0.15, -0.1) is 0 Å². The number of aryl methyl sites for hydroxylation is 1. The van der Waals surface area contributed by atoms with E-state index in [4.69, 9.17) is 0 Å². The zero-order chi connectivity index (χ0) is 14.8. The summed E-state index contributed by atoms with van der Waals surface area (Å²) in [7, 11) is 2.01. The standard InChI is InChI=1S/C18H24N3/c1-19-18(17-10-7-13-21-15-17)11-5-3-2-4-8-16-9-6-12-20-14-16/h3,6-7,9-10,12-15,18-19H,2,4-5,8,11H2,1H3. The van der Waals surface area contributed by atoms with Gasteiger partial charge in [0.2, 0.25) is 0 Å². The fourth-order valence-electron chi connectivity index (χ4n) is 2.49. The van der Waals surface area contributed by atoms with Gasteiger partial charge in [0, 0.05) is 30.8 Å². The van der Waals surface area contributed by atoms with Crippen molar-refractivity contribution in [1.82, 2.24) is 15.3 Å². The van der Waals surface area contributed by atoms with E-state index in [0.717, 1.165) is 19.3 Å². The lowest BCUT2D eigenvalue weighted by molar-refractivity contribution is 0.538. The van der Waals surface area contributed by atoms with Crippen LogP contribution in [0.25, 0.3) is 0 Å². The number of aromatic nitrogens is 2. The molecule has 1 N–H and O–H groups in total. The summed E-state index contributed by atoms with van der Waals surface area (Å²) in [4.78, 5) is 8.33. The molecular weight excluding hydrogens is 258 g/mol. The highest BCUT2D eigenvalue weighted by molar-refractivity contribution is 5.13. The van der Waals surface area contributed by atoms with Gasteiger partial charge in [-0.05, 0) is 68.8 Å². The third kappa shape index (κ3) is 5.64. The Labute approximate surface area is 127 Å². The van der Waals surface area contributed by atoms with Gasteiger partial charge in [0.25, 0.3) is 0 Å². The first kappa shape index (κ1) is 15.6. The maximum Gasteiger partial charge on any atom is 0.0332 e. The number of pyridine rings is 2. The molecule has 0 aliphatic heterocycles. The number of hydrogen-bond acceptors (Lipinski definition) is 3. The molecule has 0 aromatic carbocycles. The van der Waals surface area contributed by atoms with Gasteiger partial charge < -0.3 is 5.32 Å². The van der Waals surface area contributed by atoms with Crippen molar-refractivity contribution in [3.8, 4) is 0 Å². The summed E-state index contributed by atoms with van der Waals surface area (Å²) in [6, 6.07) is 8.68. The molecule has 0 aliphatic rings. The highest BCUT2D eigenvalue weighted by Gasteiger charge is 2.08. The van der Waals surface area contributed by atoms with E-state index in [-0.39, 0.29) is 0 Å². The van der Waals surface area contributed by atoms with Crippen LogP contribution in [0.15, 0.2) is 49.1 Å². The van der Waals surface area contributed by atoms with E-state index in [9.17, 15) is 0 Å². The molecule has 0 aliphatic carbocycles. The maximum atomic E-state index is 4.19. The Bertz CT molecular complexity index is 484. The van der Waals surface area contributed by atoms with Crippen LogP contribution in [0.5, 0.6) is 0 Å². The van der Waals surface area contributed by atoms with Gasteiger partial charge in [0.05, 0.1) is 0 Å². The normalized spacial score (nSPS) is 12.2. The van der Waals surface area contributed by atoms with E-state index >= 15 is 0 Å². The van der Waals surface area contributed by atoms with Crippen LogP contribution in [0.2, 0.25) is 0 Å². The lowest BCUT2D eigenvalue weighted by atomic mass is 10.0. The third-order valence-corrected chi connectivity index (χ3v) is 3.69. The van der Waals surface area contributed by atoms with Crippen molar-refractivity contribution in [2.45, 2.75) is 38.1 Å². The molecular formula is C18H24N3. The zero-order valence-corrected chi connectivity index (χ0v) is 12.7. The monoisotopic (exact) mass is 282 g/mol. The van der Waals surface area contributed by atoms with E-state index in [1.165, 1.54) is 24.0 Å². The molecule has 2 aromatic rings. The van der Waals surface area contributed by atoms with Crippen LogP contribution >= 0.6 is 0 Å². The molecule has 0 saturated heterocycles. The molecule has 2 aromatic heterocycles. The number of nitrogens with zero attached hydrogens (tertiary/aromatic N) is 2. The van der Waals surface area contributed by atoms with Crippen LogP contribution in [0, 0.1) is 6.42 Å². The summed E-state index contributed by atoms with van der Waals surface area (Å²) in [5.74, 6) is 0. The van der Waals surface area contributed by atoms with Crippen molar-refractivity contribution in [1.29, 1.82) is 0 Å². The fourth-order valence-corrected chi connectivity index (χ4v) is 2.49. The van der Waals surface area contributed by atoms with E-state index < -0.39 is 0 Å². The first-order valence-electron chi connectivity index (χ1n) is 7.68. The van der Waals surface area contributed by atoms with Crippen LogP contribution < -0.4 is 5.32 Å². The Kier molecular flexibility index (Phi) is 6.89. The minimum absolute atomic E-state index is 0.397. The topological polar surface area (TPSA) is 37.8 Å². The third-order valence-electron chi connectivity index (χ3n) is 3.69. The molecule has 0 spiro atoms. The Hall–Kier alpha value is -1.74. The minimum atomic E-state index is 0.397. The average molecular weight is 282 g/mol. The molecule has 0 saturated carbocycles. The van der Waals surface area contributed by atoms with E-state index in [1.54, 1.807) is 0 Å². The molecule has 1 unspecified atom stereocenters. The second-order valence-electron chi connectivity index (χ2n) is 5.25. The SMILES string of the molecule is CNC(CC[CH]CCCc1cccnc1)c1cccnc1. The van der Waals surface area contributed by atoms with E-state index in [0.29, 0.717) is 6.04 Å². The van der Waals surface area contributed by atoms with E-state index in [2.05, 4.69) is 33.8 Å². The number of hydrogen-bond donors (Lipinski definition) is 1. The Morgan fingerprint density at radius 1 is 1.10 bits per heavy atom. The van der Waals surface area contributed by atoms with Gasteiger partial charge in [-0.1, -0.05) is 12.1 Å². The predicted molar refractivity (Wildman–Crippen MR) is 86.7 cm³/mol. The van der Waals surface area contributed by atoms with Crippen LogP contribution in [0.1, 0.15) is 42.9 Å². The van der Waals surface area contributed by atoms with Crippen LogP contribution in [0.4, 0.5) is 0 Å². The molecule has 0 amide bonds. The second-order valence-corrected chi connectivity index (χ2v) is 5.25. The summed E-state index contributed by atoms with van der Waals surface area (Å²) in [5.41, 5.74) is 2.60. The first-order chi connectivity index (χ1) is 10.4. The van der Waals surface area contributed by atoms with Crippen molar-refractivity contribution in [3.63, 3.8) is 0 Å². The van der Waals surface area contributed by atoms with E-state index in [1.807, 2.05) is 44.0 Å². The number of rotatable bonds is 9. The lowest BCUT2D eigenvalue weighted by Gasteiger charge is -2.15. The Balaban J connectivity index is 1.61. The minimum Gasteiger partial charge on any atom is -0.313 e. The quantitative estimate of drug-likeness (QED) is 0.712. The zero-order valence-electron chi connectivity index (χ0n) is 12.7. The second kappa shape index (κ2) is 9.24. The molecule has 0 bridgehead atoms. The molecule has 3 nitrogen and oxygen atoms in total. The molecule has 2 rings (SSSR count). The van der Waals surface area contributed by atoms with Gasteiger partial charge in [-0.3, -0.25) is 9.97 Å². The van der Waals surface area contributed by atoms with Crippen molar-refractivity contribution in [2.24, 2.45) is 0 Å². The van der Waals surface area contributed by atoms with Crippen molar-refractivity contribution < 1.29 is 0 Å². The summed E-state index contributed by atoms with van der Waals surface area (Å²) >= 11 is 0. The molecule has 1 radical (unpaired) electrons. The van der Waals surface area contributed by atoms with Gasteiger partial charge in [-0.2, -0.15) is 0 Å². The molecule has 111 valence electrons. The molecule has 0 fully saturated rings. The van der Waals surface area contributed by atoms with Crippen LogP contribution in [-0.4, -0.2) is 17.0 Å². The predicted octanol–water partition coefficient (Wildman–Crippen LogP) is 3.74. The smallest absolute Gasteiger partial charge is 0.0332 e. The molecule has 3 heteroatoms. The van der Waals surface area contributed by atoms with Crippen molar-refractivity contribution in [2.75, 3.05) is 7.05 Å². The molecule has 2 heterocycles. The van der Waals surface area contributed by atoms with Crippen LogP contribution in [-0.2, 0) is 6.42 Å². The summed E-state index contributed by atoms with van der Waals surface area (Å²) in [6.07, 6.45) is 15.7. The Morgan fingerprint density at radius 2 is 1.90 bits per heavy atom. The maximum absolute atomic E-state index is 4.19. The van der Waals surface area contributed by atoms with Gasteiger partial charge in [-0.25, -0.2) is 0 Å². The van der Waals surface area contributed by atoms with Gasteiger partial charge >= 0.3 is 0 Å². The number of unbranched alkanes of at least 4 members (excludes halogenated alkanes) is 3. The largest absolute Gasteiger partial charge is 0.313 e. The average Bonchev–Trinajstić information content (AvgIpc) is 2.56. The van der Waals surface area contributed by atoms with Gasteiger partial charge in [0.15, 0.2) is 0 Å².